The van der Waals surface area contributed by atoms with Gasteiger partial charge in [0.1, 0.15) is 0 Å². The number of terminal acetylenes is 1. The summed E-state index contributed by atoms with van der Waals surface area (Å²) < 4.78 is 0. The largest absolute Gasteiger partial charge is 0.264 e. The van der Waals surface area contributed by atoms with Crippen LogP contribution in [-0.2, 0) is 0 Å². The van der Waals surface area contributed by atoms with Crippen LogP contribution in [0.15, 0.2) is 0 Å². The Morgan fingerprint density at radius 1 is 0.382 bits per heavy atom. The lowest BCUT2D eigenvalue weighted by molar-refractivity contribution is -0.163. The molecule has 0 aromatic heterocycles. The van der Waals surface area contributed by atoms with Crippen molar-refractivity contribution in [2.75, 3.05) is 72.2 Å². The highest BCUT2D eigenvalue weighted by molar-refractivity contribution is 4.99. The van der Waals surface area contributed by atoms with Crippen molar-refractivity contribution in [2.24, 2.45) is 0 Å². The van der Waals surface area contributed by atoms with E-state index in [0.717, 1.165) is 19.3 Å². The third-order valence-corrected chi connectivity index (χ3v) is 10.5. The Morgan fingerprint density at radius 2 is 0.600 bits per heavy atom. The van der Waals surface area contributed by atoms with Crippen molar-refractivity contribution in [2.45, 2.75) is 111 Å². The molecule has 17 nitrogen and oxygen atoms in total. The van der Waals surface area contributed by atoms with Gasteiger partial charge in [-0.05, 0) is 47.0 Å². The number of nitriles is 8. The van der Waals surface area contributed by atoms with Crippen molar-refractivity contribution >= 4 is 0 Å². The maximum Gasteiger partial charge on any atom is 0.0891 e. The molecule has 0 saturated carbocycles. The van der Waals surface area contributed by atoms with Gasteiger partial charge in [0.05, 0.1) is 164 Å². The average Bonchev–Trinajstić information content (AvgIpc) is 3.17. The number of nitrogens with zero attached hydrogens (tertiary/aromatic N) is 17. The maximum absolute atomic E-state index is 9.14. The van der Waals surface area contributed by atoms with Gasteiger partial charge >= 0.3 is 0 Å². The summed E-state index contributed by atoms with van der Waals surface area (Å²) in [6.07, 6.45) is 8.43. The van der Waals surface area contributed by atoms with Gasteiger partial charge in [0, 0.05) is 0 Å². The van der Waals surface area contributed by atoms with E-state index in [4.69, 9.17) is 48.5 Å². The second kappa shape index (κ2) is 26.0. The van der Waals surface area contributed by atoms with Gasteiger partial charge in [-0.3, -0.25) is 44.1 Å². The molecule has 294 valence electrons. The van der Waals surface area contributed by atoms with Crippen LogP contribution in [0.25, 0.3) is 0 Å². The van der Waals surface area contributed by atoms with Crippen LogP contribution in [0.5, 0.6) is 0 Å². The number of hydrogen-bond acceptors (Lipinski definition) is 17. The molecular weight excluding hydrogens is 695 g/mol. The van der Waals surface area contributed by atoms with E-state index >= 15 is 0 Å². The van der Waals surface area contributed by atoms with Crippen LogP contribution < -0.4 is 0 Å². The first kappa shape index (κ1) is 48.1. The van der Waals surface area contributed by atoms with E-state index in [0.29, 0.717) is 72.2 Å². The van der Waals surface area contributed by atoms with E-state index in [-0.39, 0.29) is 43.2 Å². The van der Waals surface area contributed by atoms with Crippen molar-refractivity contribution in [1.82, 2.24) is 44.1 Å². The molecule has 3 heterocycles. The van der Waals surface area contributed by atoms with Crippen LogP contribution in [0.2, 0.25) is 0 Å². The summed E-state index contributed by atoms with van der Waals surface area (Å²) in [6, 6.07) is 17.4. The highest BCUT2D eigenvalue weighted by Gasteiger charge is 2.43. The molecule has 4 unspecified atom stereocenters. The first-order valence-corrected chi connectivity index (χ1v) is 18.6. The normalized spacial score (nSPS) is 27.3. The van der Waals surface area contributed by atoms with Crippen molar-refractivity contribution in [3.05, 3.63) is 0 Å². The van der Waals surface area contributed by atoms with E-state index in [1.807, 2.05) is 52.2 Å². The summed E-state index contributed by atoms with van der Waals surface area (Å²) in [5.74, 6) is 2.61. The molecule has 0 spiro atoms. The summed E-state index contributed by atoms with van der Waals surface area (Å²) in [5.41, 5.74) is 0. The minimum absolute atomic E-state index is 0.0410. The Kier molecular flexibility index (Phi) is 22.8. The van der Waals surface area contributed by atoms with Gasteiger partial charge in [-0.2, -0.15) is 42.1 Å². The van der Waals surface area contributed by atoms with Gasteiger partial charge in [-0.15, -0.1) is 6.42 Å². The second-order valence-electron chi connectivity index (χ2n) is 13.3. The molecule has 0 aliphatic carbocycles. The Bertz CT molecular complexity index is 1350. The van der Waals surface area contributed by atoms with Gasteiger partial charge in [0.2, 0.25) is 0 Å². The lowest BCUT2D eigenvalue weighted by Gasteiger charge is -2.56. The lowest BCUT2D eigenvalue weighted by Crippen LogP contribution is -2.70. The molecule has 0 N–H and O–H groups in total. The fourth-order valence-corrected chi connectivity index (χ4v) is 7.66. The topological polar surface area (TPSA) is 219 Å². The fourth-order valence-electron chi connectivity index (χ4n) is 7.66. The van der Waals surface area contributed by atoms with E-state index in [1.165, 1.54) is 0 Å². The molecule has 17 heteroatoms. The number of rotatable bonds is 12. The molecule has 3 rings (SSSR count). The lowest BCUT2D eigenvalue weighted by atomic mass is 10.1. The van der Waals surface area contributed by atoms with Crippen LogP contribution in [0.4, 0.5) is 0 Å². The maximum atomic E-state index is 9.14. The van der Waals surface area contributed by atoms with Crippen LogP contribution in [0.3, 0.4) is 0 Å². The van der Waals surface area contributed by atoms with Crippen molar-refractivity contribution in [1.29, 1.82) is 42.1 Å². The molecule has 3 aliphatic rings. The van der Waals surface area contributed by atoms with Crippen LogP contribution in [0.1, 0.15) is 67.7 Å². The molecule has 0 bridgehead atoms. The predicted octanol–water partition coefficient (Wildman–Crippen LogP) is 2.05. The zero-order chi connectivity index (χ0) is 41.5. The molecule has 3 saturated heterocycles. The monoisotopic (exact) mass is 751 g/mol. The molecule has 0 aromatic carbocycles. The van der Waals surface area contributed by atoms with Crippen LogP contribution in [0, 0.1) is 103 Å². The molecule has 0 aromatic rings. The summed E-state index contributed by atoms with van der Waals surface area (Å²) in [4.78, 5) is 18.4. The first-order valence-electron chi connectivity index (χ1n) is 18.6. The Labute approximate surface area is 329 Å². The number of hydrogen-bond donors (Lipinski definition) is 0. The van der Waals surface area contributed by atoms with Gasteiger partial charge < -0.3 is 0 Å². The van der Waals surface area contributed by atoms with Crippen molar-refractivity contribution < 1.29 is 0 Å². The standard InChI is InChI=1S/C15H24N6.C12H17N5.C11H16N6/c1-4-13-19(10-7-16)14(5-2)21(12-9-18)15(6-3)20(13)11-8-17;1-4-7-15-10-16(8-5-13)12(3)17(9-6-14)11(15)2;1-10-15(6-3-12)9-16(7-4-13)11(2)17(10)8-5-14/h13-15H,4-6,10-12H2,1-3H3;1,11-12H,7-10H2,2-3H3;10-11H,6-9H2,1-2H3. The third-order valence-electron chi connectivity index (χ3n) is 10.5. The minimum atomic E-state index is 0.0410. The van der Waals surface area contributed by atoms with Crippen LogP contribution >= 0.6 is 0 Å². The smallest absolute Gasteiger partial charge is 0.0891 e. The zero-order valence-corrected chi connectivity index (χ0v) is 33.6. The highest BCUT2D eigenvalue weighted by atomic mass is 15.6. The minimum Gasteiger partial charge on any atom is -0.264 e. The quantitative estimate of drug-likeness (QED) is 0.206. The molecule has 3 fully saturated rings. The second-order valence-corrected chi connectivity index (χ2v) is 13.3. The van der Waals surface area contributed by atoms with E-state index in [9.17, 15) is 0 Å². The fraction of sp³-hybridized carbons (Fsp3) is 0.737. The van der Waals surface area contributed by atoms with Crippen LogP contribution in [-0.4, -0.2) is 159 Å². The van der Waals surface area contributed by atoms with Gasteiger partial charge in [0.25, 0.3) is 0 Å². The van der Waals surface area contributed by atoms with Crippen molar-refractivity contribution in [3.63, 3.8) is 0 Å². The average molecular weight is 752 g/mol. The Hall–Kier alpha value is -4.88. The zero-order valence-electron chi connectivity index (χ0n) is 33.6. The summed E-state index contributed by atoms with van der Waals surface area (Å²) in [5, 5.41) is 71.5. The van der Waals surface area contributed by atoms with E-state index < -0.39 is 0 Å². The molecule has 3 aliphatic heterocycles. The van der Waals surface area contributed by atoms with Crippen molar-refractivity contribution in [3.8, 4) is 60.9 Å². The highest BCUT2D eigenvalue weighted by Crippen LogP contribution is 2.30. The summed E-state index contributed by atoms with van der Waals surface area (Å²) in [6.45, 7) is 18.6. The molecular formula is C38H57N17. The summed E-state index contributed by atoms with van der Waals surface area (Å²) >= 11 is 0. The molecule has 55 heavy (non-hydrogen) atoms. The van der Waals surface area contributed by atoms with Gasteiger partial charge in [0.15, 0.2) is 0 Å². The molecule has 4 atom stereocenters. The Balaban J connectivity index is 0.000000416. The summed E-state index contributed by atoms with van der Waals surface area (Å²) in [7, 11) is 0. The molecule has 0 amide bonds. The third kappa shape index (κ3) is 12.9. The van der Waals surface area contributed by atoms with E-state index in [1.54, 1.807) is 0 Å². The van der Waals surface area contributed by atoms with Gasteiger partial charge in [-0.1, -0.05) is 26.7 Å². The molecule has 0 radical (unpaired) electrons. The predicted molar refractivity (Wildman–Crippen MR) is 204 cm³/mol. The van der Waals surface area contributed by atoms with E-state index in [2.05, 4.69) is 94.8 Å². The van der Waals surface area contributed by atoms with Gasteiger partial charge in [-0.25, -0.2) is 0 Å². The SMILES string of the molecule is C#CCN1CN(CC#N)C(C)N(CC#N)C1C.CC1N(CC#N)CN(CC#N)C(C)N1CC#N.CCC1N(CC#N)C(CC)N(CC#N)C(CC)N1CC#N. The first-order chi connectivity index (χ1) is 26.5. The Morgan fingerprint density at radius 3 is 0.800 bits per heavy atom.